The van der Waals surface area contributed by atoms with E-state index in [1.807, 2.05) is 0 Å². The van der Waals surface area contributed by atoms with E-state index in [0.717, 1.165) is 23.6 Å². The number of carbonyl (C=O) groups excluding carboxylic acids is 1. The molecule has 1 amide bonds. The van der Waals surface area contributed by atoms with Crippen molar-refractivity contribution in [3.63, 3.8) is 0 Å². The second kappa shape index (κ2) is 11.1. The van der Waals surface area contributed by atoms with Crippen LogP contribution in [0.4, 0.5) is 4.79 Å². The molecule has 1 aliphatic carbocycles. The quantitative estimate of drug-likeness (QED) is 0.435. The molecule has 1 fully saturated rings. The van der Waals surface area contributed by atoms with E-state index < -0.39 is 31.7 Å². The largest absolute Gasteiger partial charge is 0.444 e. The van der Waals surface area contributed by atoms with Gasteiger partial charge in [0.15, 0.2) is 0 Å². The van der Waals surface area contributed by atoms with Gasteiger partial charge in [-0.25, -0.2) is 30.7 Å². The maximum Gasteiger partial charge on any atom is 0.407 e. The number of hydrogen-bond acceptors (Lipinski definition) is 7. The number of alkyl carbamates (subject to hydrolysis) is 1. The summed E-state index contributed by atoms with van der Waals surface area (Å²) in [5.41, 5.74) is -0.570. The standard InChI is InChI=1S/C21H36N4O6S2/c1-21(2,3)31-20(26)23-15-14-22-18-8-6-7-9-19(18)24-32(27,28)16-10-12-17(13-11-16)33(29,30)25(4)5/h10-13,18-19,22,24H,6-9,14-15H2,1-5H3,(H,23,26)/t18-,19+/m1/s1. The molecule has 3 N–H and O–H groups in total. The summed E-state index contributed by atoms with van der Waals surface area (Å²) in [6.45, 7) is 6.20. The van der Waals surface area contributed by atoms with Crippen LogP contribution in [0.2, 0.25) is 0 Å². The average Bonchev–Trinajstić information content (AvgIpc) is 2.70. The molecule has 0 saturated heterocycles. The fourth-order valence-electron chi connectivity index (χ4n) is 3.52. The molecular weight excluding hydrogens is 468 g/mol. The molecule has 1 aliphatic rings. The van der Waals surface area contributed by atoms with Crippen molar-refractivity contribution in [1.29, 1.82) is 0 Å². The highest BCUT2D eigenvalue weighted by molar-refractivity contribution is 7.89. The predicted molar refractivity (Wildman–Crippen MR) is 126 cm³/mol. The average molecular weight is 505 g/mol. The van der Waals surface area contributed by atoms with Gasteiger partial charge in [-0.15, -0.1) is 0 Å². The Hall–Kier alpha value is -1.73. The van der Waals surface area contributed by atoms with E-state index in [2.05, 4.69) is 15.4 Å². The zero-order valence-corrected chi connectivity index (χ0v) is 21.6. The number of sulfonamides is 2. The lowest BCUT2D eigenvalue weighted by Gasteiger charge is -2.33. The van der Waals surface area contributed by atoms with Gasteiger partial charge in [-0.3, -0.25) is 0 Å². The van der Waals surface area contributed by atoms with Crippen LogP contribution in [0.25, 0.3) is 0 Å². The van der Waals surface area contributed by atoms with Crippen LogP contribution in [0.15, 0.2) is 34.1 Å². The van der Waals surface area contributed by atoms with Gasteiger partial charge >= 0.3 is 6.09 Å². The lowest BCUT2D eigenvalue weighted by atomic mass is 9.91. The summed E-state index contributed by atoms with van der Waals surface area (Å²) in [7, 11) is -4.63. The van der Waals surface area contributed by atoms with Crippen molar-refractivity contribution in [1.82, 2.24) is 19.7 Å². The number of benzene rings is 1. The Labute approximate surface area is 197 Å². The van der Waals surface area contributed by atoms with E-state index in [-0.39, 0.29) is 21.9 Å². The normalized spacial score (nSPS) is 19.9. The van der Waals surface area contributed by atoms with E-state index in [4.69, 9.17) is 4.74 Å². The molecule has 0 spiro atoms. The molecule has 0 heterocycles. The first-order chi connectivity index (χ1) is 15.2. The molecule has 0 unspecified atom stereocenters. The van der Waals surface area contributed by atoms with Crippen LogP contribution in [0.5, 0.6) is 0 Å². The van der Waals surface area contributed by atoms with Gasteiger partial charge in [0.05, 0.1) is 9.79 Å². The van der Waals surface area contributed by atoms with Gasteiger partial charge in [0.2, 0.25) is 20.0 Å². The smallest absolute Gasteiger partial charge is 0.407 e. The third kappa shape index (κ3) is 8.21. The van der Waals surface area contributed by atoms with Crippen molar-refractivity contribution in [2.75, 3.05) is 27.2 Å². The first-order valence-electron chi connectivity index (χ1n) is 11.0. The Balaban J connectivity index is 1.97. The molecule has 2 atom stereocenters. The summed E-state index contributed by atoms with van der Waals surface area (Å²) >= 11 is 0. The van der Waals surface area contributed by atoms with E-state index in [1.165, 1.54) is 38.4 Å². The van der Waals surface area contributed by atoms with Crippen LogP contribution in [-0.2, 0) is 24.8 Å². The Morgan fingerprint density at radius 1 is 0.970 bits per heavy atom. The molecular formula is C21H36N4O6S2. The number of rotatable bonds is 9. The number of carbonyl (C=O) groups is 1. The maximum atomic E-state index is 12.9. The van der Waals surface area contributed by atoms with Gasteiger partial charge in [0.25, 0.3) is 0 Å². The van der Waals surface area contributed by atoms with Gasteiger partial charge in [0, 0.05) is 39.3 Å². The summed E-state index contributed by atoms with van der Waals surface area (Å²) in [6.07, 6.45) is 2.88. The SMILES string of the molecule is CN(C)S(=O)(=O)c1ccc(S(=O)(=O)N[C@H]2CCCC[C@H]2NCCNC(=O)OC(C)(C)C)cc1. The molecule has 0 bridgehead atoms. The summed E-state index contributed by atoms with van der Waals surface area (Å²) < 4.78 is 59.3. The van der Waals surface area contributed by atoms with E-state index >= 15 is 0 Å². The van der Waals surface area contributed by atoms with Crippen molar-refractivity contribution < 1.29 is 26.4 Å². The molecule has 1 aromatic carbocycles. The van der Waals surface area contributed by atoms with Gasteiger partial charge < -0.3 is 15.4 Å². The van der Waals surface area contributed by atoms with Crippen LogP contribution in [0.3, 0.4) is 0 Å². The van der Waals surface area contributed by atoms with E-state index in [9.17, 15) is 21.6 Å². The zero-order valence-electron chi connectivity index (χ0n) is 19.9. The number of amides is 1. The highest BCUT2D eigenvalue weighted by Crippen LogP contribution is 2.22. The van der Waals surface area contributed by atoms with Gasteiger partial charge in [-0.2, -0.15) is 0 Å². The topological polar surface area (TPSA) is 134 Å². The molecule has 2 rings (SSSR count). The Morgan fingerprint density at radius 3 is 2.06 bits per heavy atom. The van der Waals surface area contributed by atoms with Crippen molar-refractivity contribution in [2.45, 2.75) is 73.9 Å². The number of ether oxygens (including phenoxy) is 1. The van der Waals surface area contributed by atoms with Gasteiger partial charge in [-0.05, 0) is 57.9 Å². The second-order valence-corrected chi connectivity index (χ2v) is 13.1. The minimum Gasteiger partial charge on any atom is -0.444 e. The molecule has 12 heteroatoms. The third-order valence-electron chi connectivity index (χ3n) is 5.18. The molecule has 1 saturated carbocycles. The van der Waals surface area contributed by atoms with Crippen LogP contribution in [-0.4, -0.2) is 72.1 Å². The van der Waals surface area contributed by atoms with Gasteiger partial charge in [-0.1, -0.05) is 12.8 Å². The summed E-state index contributed by atoms with van der Waals surface area (Å²) in [4.78, 5) is 11.8. The van der Waals surface area contributed by atoms with Crippen LogP contribution >= 0.6 is 0 Å². The molecule has 0 aliphatic heterocycles. The van der Waals surface area contributed by atoms with Crippen LogP contribution in [0, 0.1) is 0 Å². The Morgan fingerprint density at radius 2 is 1.52 bits per heavy atom. The van der Waals surface area contributed by atoms with E-state index in [0.29, 0.717) is 19.5 Å². The number of nitrogens with zero attached hydrogens (tertiary/aromatic N) is 1. The second-order valence-electron chi connectivity index (χ2n) is 9.26. The van der Waals surface area contributed by atoms with Crippen molar-refractivity contribution in [3.05, 3.63) is 24.3 Å². The summed E-state index contributed by atoms with van der Waals surface area (Å²) in [5.74, 6) is 0. The molecule has 0 radical (unpaired) electrons. The fraction of sp³-hybridized carbons (Fsp3) is 0.667. The van der Waals surface area contributed by atoms with Crippen molar-refractivity contribution >= 4 is 26.1 Å². The molecule has 0 aromatic heterocycles. The van der Waals surface area contributed by atoms with Crippen molar-refractivity contribution in [3.8, 4) is 0 Å². The summed E-state index contributed by atoms with van der Waals surface area (Å²) in [5, 5.41) is 6.00. The van der Waals surface area contributed by atoms with Crippen LogP contribution in [0.1, 0.15) is 46.5 Å². The molecule has 1 aromatic rings. The number of nitrogens with one attached hydrogen (secondary N) is 3. The monoisotopic (exact) mass is 504 g/mol. The number of hydrogen-bond donors (Lipinski definition) is 3. The van der Waals surface area contributed by atoms with Crippen molar-refractivity contribution in [2.24, 2.45) is 0 Å². The Bertz CT molecular complexity index is 1000. The minimum atomic E-state index is -3.83. The lowest BCUT2D eigenvalue weighted by molar-refractivity contribution is 0.0527. The zero-order chi connectivity index (χ0) is 24.9. The first-order valence-corrected chi connectivity index (χ1v) is 13.9. The fourth-order valence-corrected chi connectivity index (χ4v) is 5.73. The predicted octanol–water partition coefficient (Wildman–Crippen LogP) is 1.64. The third-order valence-corrected chi connectivity index (χ3v) is 8.52. The molecule has 10 nitrogen and oxygen atoms in total. The highest BCUT2D eigenvalue weighted by atomic mass is 32.2. The Kier molecular flexibility index (Phi) is 9.28. The lowest BCUT2D eigenvalue weighted by Crippen LogP contribution is -2.52. The van der Waals surface area contributed by atoms with Crippen LogP contribution < -0.4 is 15.4 Å². The first kappa shape index (κ1) is 27.5. The molecule has 188 valence electrons. The highest BCUT2D eigenvalue weighted by Gasteiger charge is 2.29. The maximum absolute atomic E-state index is 12.9. The minimum absolute atomic E-state index is 0.0103. The van der Waals surface area contributed by atoms with Gasteiger partial charge in [0.1, 0.15) is 5.60 Å². The molecule has 33 heavy (non-hydrogen) atoms. The van der Waals surface area contributed by atoms with E-state index in [1.54, 1.807) is 20.8 Å². The summed E-state index contributed by atoms with van der Waals surface area (Å²) in [6, 6.07) is 4.80.